The zero-order valence-electron chi connectivity index (χ0n) is 14.5. The second-order valence-electron chi connectivity index (χ2n) is 5.80. The Balaban J connectivity index is 2.16. The lowest BCUT2D eigenvalue weighted by atomic mass is 10.1. The maximum absolute atomic E-state index is 14.1. The maximum atomic E-state index is 14.1. The molecule has 2 aromatic carbocycles. The van der Waals surface area contributed by atoms with E-state index < -0.39 is 23.5 Å². The van der Waals surface area contributed by atoms with Gasteiger partial charge < -0.3 is 9.84 Å². The first-order chi connectivity index (χ1) is 12.8. The predicted octanol–water partition coefficient (Wildman–Crippen LogP) is 4.22. The van der Waals surface area contributed by atoms with Crippen molar-refractivity contribution in [3.05, 3.63) is 59.2 Å². The Labute approximate surface area is 157 Å². The lowest BCUT2D eigenvalue weighted by Crippen LogP contribution is -2.29. The van der Waals surface area contributed by atoms with Crippen molar-refractivity contribution in [2.45, 2.75) is 13.5 Å². The fraction of sp³-hybridized carbons (Fsp3) is 0.158. The van der Waals surface area contributed by atoms with E-state index >= 15 is 0 Å². The fourth-order valence-electron chi connectivity index (χ4n) is 2.71. The van der Waals surface area contributed by atoms with Gasteiger partial charge in [0.25, 0.3) is 0 Å². The third kappa shape index (κ3) is 3.61. The summed E-state index contributed by atoms with van der Waals surface area (Å²) in [6.07, 6.45) is 0. The van der Waals surface area contributed by atoms with E-state index in [-0.39, 0.29) is 28.4 Å². The van der Waals surface area contributed by atoms with E-state index in [4.69, 9.17) is 4.74 Å². The number of hydrogen-bond acceptors (Lipinski definition) is 5. The molecule has 3 rings (SSSR count). The number of carbonyl (C=O) groups is 2. The van der Waals surface area contributed by atoms with E-state index in [1.54, 1.807) is 6.07 Å². The van der Waals surface area contributed by atoms with Crippen molar-refractivity contribution in [1.29, 1.82) is 0 Å². The van der Waals surface area contributed by atoms with Gasteiger partial charge in [-0.3, -0.25) is 9.69 Å². The second-order valence-corrected chi connectivity index (χ2v) is 6.83. The van der Waals surface area contributed by atoms with Crippen LogP contribution in [0.3, 0.4) is 0 Å². The molecular formula is C19H15F2NO4S. The second kappa shape index (κ2) is 7.32. The Hall–Kier alpha value is -3.00. The lowest BCUT2D eigenvalue weighted by molar-refractivity contribution is -0.116. The zero-order valence-corrected chi connectivity index (χ0v) is 15.3. The van der Waals surface area contributed by atoms with E-state index in [1.807, 2.05) is 0 Å². The van der Waals surface area contributed by atoms with Gasteiger partial charge in [-0.2, -0.15) is 0 Å². The van der Waals surface area contributed by atoms with Crippen LogP contribution in [0.15, 0.2) is 36.4 Å². The standard InChI is InChI=1S/C19H15F2NO4S/c1-10(23)22(9-11-3-4-12(20)7-15(11)21)18-17(19(25)26-2)14-6-5-13(24)8-16(14)27-18/h3-8,24H,9H2,1-2H3. The molecule has 1 heterocycles. The number of hydrogen-bond donors (Lipinski definition) is 1. The van der Waals surface area contributed by atoms with Crippen LogP contribution >= 0.6 is 11.3 Å². The summed E-state index contributed by atoms with van der Waals surface area (Å²) in [6.45, 7) is 1.09. The number of phenolic OH excluding ortho intramolecular Hbond substituents is 1. The molecule has 0 saturated carbocycles. The number of thiophene rings is 1. The van der Waals surface area contributed by atoms with Crippen LogP contribution in [0.25, 0.3) is 10.1 Å². The number of methoxy groups -OCH3 is 1. The molecular weight excluding hydrogens is 376 g/mol. The Kier molecular flexibility index (Phi) is 5.09. The summed E-state index contributed by atoms with van der Waals surface area (Å²) in [7, 11) is 1.22. The molecule has 27 heavy (non-hydrogen) atoms. The highest BCUT2D eigenvalue weighted by Crippen LogP contribution is 2.40. The molecule has 8 heteroatoms. The molecule has 1 aromatic heterocycles. The van der Waals surface area contributed by atoms with E-state index in [2.05, 4.69) is 0 Å². The van der Waals surface area contributed by atoms with Crippen LogP contribution in [0.4, 0.5) is 13.8 Å². The molecule has 0 aliphatic heterocycles. The molecule has 0 radical (unpaired) electrons. The predicted molar refractivity (Wildman–Crippen MR) is 98.1 cm³/mol. The van der Waals surface area contributed by atoms with Crippen LogP contribution in [-0.2, 0) is 16.1 Å². The summed E-state index contributed by atoms with van der Waals surface area (Å²) in [5.41, 5.74) is 0.248. The summed E-state index contributed by atoms with van der Waals surface area (Å²) in [4.78, 5) is 25.8. The number of halogens is 2. The average Bonchev–Trinajstić information content (AvgIpc) is 2.98. The Bertz CT molecular complexity index is 1050. The molecule has 0 fully saturated rings. The van der Waals surface area contributed by atoms with E-state index in [0.717, 1.165) is 23.5 Å². The van der Waals surface area contributed by atoms with Gasteiger partial charge in [0, 0.05) is 28.6 Å². The van der Waals surface area contributed by atoms with Gasteiger partial charge in [0.2, 0.25) is 5.91 Å². The maximum Gasteiger partial charge on any atom is 0.341 e. The van der Waals surface area contributed by atoms with Gasteiger partial charge >= 0.3 is 5.97 Å². The summed E-state index contributed by atoms with van der Waals surface area (Å²) < 4.78 is 32.6. The third-order valence-corrected chi connectivity index (χ3v) is 5.19. The number of fused-ring (bicyclic) bond motifs is 1. The lowest BCUT2D eigenvalue weighted by Gasteiger charge is -2.21. The first-order valence-electron chi connectivity index (χ1n) is 7.87. The number of phenols is 1. The normalized spacial score (nSPS) is 10.8. The molecule has 0 saturated heterocycles. The fourth-order valence-corrected chi connectivity index (χ4v) is 3.97. The van der Waals surface area contributed by atoms with Crippen LogP contribution in [0.2, 0.25) is 0 Å². The number of benzene rings is 2. The Morgan fingerprint density at radius 1 is 1.19 bits per heavy atom. The summed E-state index contributed by atoms with van der Waals surface area (Å²) in [5.74, 6) is -2.60. The van der Waals surface area contributed by atoms with Crippen LogP contribution in [0, 0.1) is 11.6 Å². The molecule has 1 N–H and O–H groups in total. The number of aromatic hydroxyl groups is 1. The van der Waals surface area contributed by atoms with Gasteiger partial charge in [-0.1, -0.05) is 6.07 Å². The van der Waals surface area contributed by atoms with Crippen LogP contribution in [0.1, 0.15) is 22.8 Å². The number of anilines is 1. The highest BCUT2D eigenvalue weighted by atomic mass is 32.1. The summed E-state index contributed by atoms with van der Waals surface area (Å²) >= 11 is 1.09. The molecule has 0 atom stereocenters. The Morgan fingerprint density at radius 2 is 1.93 bits per heavy atom. The molecule has 0 aliphatic rings. The van der Waals surface area contributed by atoms with Crippen molar-refractivity contribution in [1.82, 2.24) is 0 Å². The molecule has 0 spiro atoms. The first kappa shape index (κ1) is 18.8. The highest BCUT2D eigenvalue weighted by Gasteiger charge is 2.27. The smallest absolute Gasteiger partial charge is 0.341 e. The van der Waals surface area contributed by atoms with Gasteiger partial charge in [0.15, 0.2) is 0 Å². The minimum Gasteiger partial charge on any atom is -0.508 e. The number of carbonyl (C=O) groups excluding carboxylic acids is 2. The molecule has 1 amide bonds. The van der Waals surface area contributed by atoms with Crippen molar-refractivity contribution < 1.29 is 28.2 Å². The monoisotopic (exact) mass is 391 g/mol. The third-order valence-electron chi connectivity index (χ3n) is 4.01. The average molecular weight is 391 g/mol. The van der Waals surface area contributed by atoms with E-state index in [0.29, 0.717) is 10.1 Å². The van der Waals surface area contributed by atoms with Gasteiger partial charge in [0.05, 0.1) is 13.7 Å². The van der Waals surface area contributed by atoms with E-state index in [1.165, 1.54) is 37.1 Å². The van der Waals surface area contributed by atoms with Gasteiger partial charge in [0.1, 0.15) is 27.9 Å². The van der Waals surface area contributed by atoms with Crippen LogP contribution in [-0.4, -0.2) is 24.1 Å². The van der Waals surface area contributed by atoms with Gasteiger partial charge in [-0.05, 0) is 24.3 Å². The number of nitrogens with zero attached hydrogens (tertiary/aromatic N) is 1. The highest BCUT2D eigenvalue weighted by molar-refractivity contribution is 7.23. The molecule has 140 valence electrons. The van der Waals surface area contributed by atoms with Gasteiger partial charge in [-0.25, -0.2) is 13.6 Å². The van der Waals surface area contributed by atoms with Gasteiger partial charge in [-0.15, -0.1) is 11.3 Å². The first-order valence-corrected chi connectivity index (χ1v) is 8.69. The number of rotatable bonds is 4. The minimum absolute atomic E-state index is 0.00525. The number of esters is 1. The summed E-state index contributed by atoms with van der Waals surface area (Å²) in [6, 6.07) is 7.51. The minimum atomic E-state index is -0.792. The largest absolute Gasteiger partial charge is 0.508 e. The topological polar surface area (TPSA) is 66.8 Å². The summed E-state index contributed by atoms with van der Waals surface area (Å²) in [5, 5.41) is 10.5. The van der Waals surface area contributed by atoms with Crippen LogP contribution < -0.4 is 4.90 Å². The molecule has 0 bridgehead atoms. The zero-order chi connectivity index (χ0) is 19.7. The Morgan fingerprint density at radius 3 is 2.56 bits per heavy atom. The van der Waals surface area contributed by atoms with Crippen molar-refractivity contribution in [3.8, 4) is 5.75 Å². The molecule has 0 aliphatic carbocycles. The number of ether oxygens (including phenoxy) is 1. The SMILES string of the molecule is COC(=O)c1c(N(Cc2ccc(F)cc2F)C(C)=O)sc2cc(O)ccc12. The quantitative estimate of drug-likeness (QED) is 0.676. The molecule has 5 nitrogen and oxygen atoms in total. The van der Waals surface area contributed by atoms with Crippen molar-refractivity contribution in [2.24, 2.45) is 0 Å². The van der Waals surface area contributed by atoms with Crippen molar-refractivity contribution >= 4 is 38.3 Å². The van der Waals surface area contributed by atoms with Crippen molar-refractivity contribution in [2.75, 3.05) is 12.0 Å². The van der Waals surface area contributed by atoms with E-state index in [9.17, 15) is 23.5 Å². The molecule has 0 unspecified atom stereocenters. The molecule has 3 aromatic rings. The van der Waals surface area contributed by atoms with Crippen molar-refractivity contribution in [3.63, 3.8) is 0 Å². The number of amides is 1. The van der Waals surface area contributed by atoms with Crippen LogP contribution in [0.5, 0.6) is 5.75 Å².